The number of nitrogens with zero attached hydrogens (tertiary/aromatic N) is 2. The van der Waals surface area contributed by atoms with E-state index in [4.69, 9.17) is 5.73 Å². The molecule has 1 heterocycles. The smallest absolute Gasteiger partial charge is 0.123 e. The fourth-order valence-electron chi connectivity index (χ4n) is 4.82. The molecule has 0 aromatic heterocycles. The zero-order valence-electron chi connectivity index (χ0n) is 18.4. The summed E-state index contributed by atoms with van der Waals surface area (Å²) < 4.78 is 13.2. The lowest BCUT2D eigenvalue weighted by molar-refractivity contribution is 0.201. The Labute approximate surface area is 171 Å². The average Bonchev–Trinajstić information content (AvgIpc) is 3.01. The van der Waals surface area contributed by atoms with Gasteiger partial charge < -0.3 is 10.6 Å². The Hall–Kier alpha value is -1.39. The second-order valence-electron chi connectivity index (χ2n) is 8.95. The second-order valence-corrected chi connectivity index (χ2v) is 8.95. The molecule has 28 heavy (non-hydrogen) atoms. The summed E-state index contributed by atoms with van der Waals surface area (Å²) in [6.07, 6.45) is 5.76. The molecule has 1 aromatic rings. The Morgan fingerprint density at radius 2 is 2.00 bits per heavy atom. The van der Waals surface area contributed by atoms with Gasteiger partial charge >= 0.3 is 0 Å². The Kier molecular flexibility index (Phi) is 8.51. The van der Waals surface area contributed by atoms with Gasteiger partial charge in [-0.05, 0) is 81.7 Å². The molecule has 0 amide bonds. The summed E-state index contributed by atoms with van der Waals surface area (Å²) in [5.41, 5.74) is 8.55. The summed E-state index contributed by atoms with van der Waals surface area (Å²) in [6.45, 7) is 17.2. The van der Waals surface area contributed by atoms with E-state index in [1.165, 1.54) is 31.3 Å². The quantitative estimate of drug-likeness (QED) is 0.513. The summed E-state index contributed by atoms with van der Waals surface area (Å²) >= 11 is 0. The van der Waals surface area contributed by atoms with Gasteiger partial charge in [0.25, 0.3) is 0 Å². The van der Waals surface area contributed by atoms with Crippen molar-refractivity contribution in [3.63, 3.8) is 0 Å². The first-order chi connectivity index (χ1) is 13.3. The predicted octanol–water partition coefficient (Wildman–Crippen LogP) is 5.42. The Bertz CT molecular complexity index is 607. The van der Waals surface area contributed by atoms with Gasteiger partial charge in [-0.2, -0.15) is 0 Å². The minimum Gasteiger partial charge on any atom is -0.357 e. The van der Waals surface area contributed by atoms with Crippen molar-refractivity contribution in [2.24, 2.45) is 17.1 Å². The minimum atomic E-state index is -0.174. The number of halogens is 1. The fraction of sp³-hybridized carbons (Fsp3) is 0.667. The maximum atomic E-state index is 13.2. The molecule has 0 saturated carbocycles. The molecule has 0 bridgehead atoms. The number of hydrogen-bond acceptors (Lipinski definition) is 3. The van der Waals surface area contributed by atoms with Gasteiger partial charge in [-0.3, -0.25) is 4.90 Å². The van der Waals surface area contributed by atoms with Crippen LogP contribution in [0, 0.1) is 17.2 Å². The highest BCUT2D eigenvalue weighted by Gasteiger charge is 2.32. The van der Waals surface area contributed by atoms with Crippen molar-refractivity contribution in [2.75, 3.05) is 31.2 Å². The van der Waals surface area contributed by atoms with E-state index in [0.717, 1.165) is 38.4 Å². The molecule has 1 aromatic carbocycles. The fourth-order valence-corrected chi connectivity index (χ4v) is 4.82. The van der Waals surface area contributed by atoms with Crippen LogP contribution < -0.4 is 10.6 Å². The van der Waals surface area contributed by atoms with Crippen LogP contribution in [0.3, 0.4) is 0 Å². The Morgan fingerprint density at radius 1 is 1.32 bits per heavy atom. The van der Waals surface area contributed by atoms with Gasteiger partial charge in [-0.1, -0.05) is 32.4 Å². The summed E-state index contributed by atoms with van der Waals surface area (Å²) in [7, 11) is 0. The molecular formula is C24H40FN3. The Balaban J connectivity index is 1.91. The molecule has 0 radical (unpaired) electrons. The van der Waals surface area contributed by atoms with E-state index in [1.54, 1.807) is 12.1 Å². The highest BCUT2D eigenvalue weighted by atomic mass is 19.1. The zero-order chi connectivity index (χ0) is 20.7. The number of nitrogens with two attached hydrogens (primary N) is 1. The molecular weight excluding hydrogens is 349 g/mol. The van der Waals surface area contributed by atoms with E-state index < -0.39 is 0 Å². The topological polar surface area (TPSA) is 32.5 Å². The number of allylic oxidation sites excluding steroid dienone is 1. The van der Waals surface area contributed by atoms with E-state index in [9.17, 15) is 4.39 Å². The first kappa shape index (κ1) is 22.9. The maximum absolute atomic E-state index is 13.2. The molecule has 3 atom stereocenters. The van der Waals surface area contributed by atoms with E-state index in [-0.39, 0.29) is 11.2 Å². The van der Waals surface area contributed by atoms with Crippen molar-refractivity contribution in [3.8, 4) is 0 Å². The Morgan fingerprint density at radius 3 is 2.57 bits per heavy atom. The molecule has 1 saturated heterocycles. The zero-order valence-corrected chi connectivity index (χ0v) is 18.4. The van der Waals surface area contributed by atoms with Gasteiger partial charge in [0.1, 0.15) is 5.82 Å². The van der Waals surface area contributed by atoms with Gasteiger partial charge in [0.2, 0.25) is 0 Å². The molecule has 3 nitrogen and oxygen atoms in total. The summed E-state index contributed by atoms with van der Waals surface area (Å²) in [6, 6.07) is 7.38. The lowest BCUT2D eigenvalue weighted by Gasteiger charge is -2.37. The largest absolute Gasteiger partial charge is 0.357 e. The van der Waals surface area contributed by atoms with Crippen LogP contribution in [0.2, 0.25) is 0 Å². The molecule has 1 fully saturated rings. The SMILES string of the molecule is C=C(C)C(CCC)(CCN)CC(C)CCN1CN(c2ccc(F)cc2)CC1C. The molecule has 2 N–H and O–H groups in total. The van der Waals surface area contributed by atoms with E-state index >= 15 is 0 Å². The minimum absolute atomic E-state index is 0.174. The molecule has 0 aliphatic carbocycles. The van der Waals surface area contributed by atoms with Crippen molar-refractivity contribution in [2.45, 2.75) is 65.8 Å². The summed E-state index contributed by atoms with van der Waals surface area (Å²) in [5.74, 6) is 0.467. The van der Waals surface area contributed by atoms with Crippen LogP contribution in [0.25, 0.3) is 0 Å². The van der Waals surface area contributed by atoms with Crippen LogP contribution >= 0.6 is 0 Å². The molecule has 2 rings (SSSR count). The van der Waals surface area contributed by atoms with Gasteiger partial charge in [0.15, 0.2) is 0 Å². The third kappa shape index (κ3) is 5.81. The molecule has 3 unspecified atom stereocenters. The van der Waals surface area contributed by atoms with Crippen molar-refractivity contribution in [3.05, 3.63) is 42.2 Å². The summed E-state index contributed by atoms with van der Waals surface area (Å²) in [5, 5.41) is 0. The maximum Gasteiger partial charge on any atom is 0.123 e. The van der Waals surface area contributed by atoms with Gasteiger partial charge in [0.05, 0.1) is 6.67 Å². The highest BCUT2D eigenvalue weighted by molar-refractivity contribution is 5.47. The monoisotopic (exact) mass is 389 g/mol. The number of rotatable bonds is 11. The van der Waals surface area contributed by atoms with Crippen LogP contribution in [-0.4, -0.2) is 37.2 Å². The van der Waals surface area contributed by atoms with Crippen LogP contribution in [0.5, 0.6) is 0 Å². The second kappa shape index (κ2) is 10.4. The predicted molar refractivity (Wildman–Crippen MR) is 119 cm³/mol. The van der Waals surface area contributed by atoms with E-state index in [0.29, 0.717) is 12.0 Å². The molecule has 158 valence electrons. The lowest BCUT2D eigenvalue weighted by atomic mass is 9.69. The number of anilines is 1. The van der Waals surface area contributed by atoms with Crippen LogP contribution in [0.15, 0.2) is 36.4 Å². The molecule has 4 heteroatoms. The van der Waals surface area contributed by atoms with Crippen molar-refractivity contribution in [1.29, 1.82) is 0 Å². The average molecular weight is 390 g/mol. The van der Waals surface area contributed by atoms with Crippen LogP contribution in [-0.2, 0) is 0 Å². The standard InChI is InChI=1S/C24H40FN3/c1-6-12-24(13-14-26,19(2)3)16-20(4)11-15-27-18-28(17-21(27)5)23-9-7-22(25)8-10-23/h7-10,20-21H,2,6,11-18,26H2,1,3-5H3. The molecule has 0 spiro atoms. The third-order valence-corrected chi connectivity index (χ3v) is 6.56. The molecule has 1 aliphatic heterocycles. The first-order valence-corrected chi connectivity index (χ1v) is 10.9. The molecule has 1 aliphatic rings. The number of hydrogen-bond donors (Lipinski definition) is 1. The van der Waals surface area contributed by atoms with E-state index in [1.807, 2.05) is 12.1 Å². The normalized spacial score (nSPS) is 20.9. The van der Waals surface area contributed by atoms with Gasteiger partial charge in [-0.15, -0.1) is 0 Å². The summed E-state index contributed by atoms with van der Waals surface area (Å²) in [4.78, 5) is 4.89. The van der Waals surface area contributed by atoms with Crippen molar-refractivity contribution >= 4 is 5.69 Å². The van der Waals surface area contributed by atoms with Gasteiger partial charge in [0, 0.05) is 24.8 Å². The lowest BCUT2D eigenvalue weighted by Crippen LogP contribution is -2.32. The third-order valence-electron chi connectivity index (χ3n) is 6.56. The van der Waals surface area contributed by atoms with Gasteiger partial charge in [-0.25, -0.2) is 4.39 Å². The number of benzene rings is 1. The highest BCUT2D eigenvalue weighted by Crippen LogP contribution is 2.42. The van der Waals surface area contributed by atoms with Crippen LogP contribution in [0.1, 0.15) is 59.8 Å². The van der Waals surface area contributed by atoms with Crippen molar-refractivity contribution in [1.82, 2.24) is 4.90 Å². The van der Waals surface area contributed by atoms with E-state index in [2.05, 4.69) is 44.1 Å². The van der Waals surface area contributed by atoms with Crippen LogP contribution in [0.4, 0.5) is 10.1 Å². The first-order valence-electron chi connectivity index (χ1n) is 10.9. The van der Waals surface area contributed by atoms with Crippen molar-refractivity contribution < 1.29 is 4.39 Å².